The van der Waals surface area contributed by atoms with Gasteiger partial charge in [-0.2, -0.15) is 5.10 Å². The van der Waals surface area contributed by atoms with Crippen molar-refractivity contribution in [2.75, 3.05) is 6.54 Å². The highest BCUT2D eigenvalue weighted by atomic mass is 35.5. The maximum atomic E-state index is 12.2. The van der Waals surface area contributed by atoms with Crippen LogP contribution in [-0.2, 0) is 4.79 Å². The van der Waals surface area contributed by atoms with Crippen LogP contribution in [0.3, 0.4) is 0 Å². The first kappa shape index (κ1) is 16.9. The molecule has 2 atom stereocenters. The van der Waals surface area contributed by atoms with Gasteiger partial charge in [-0.1, -0.05) is 19.3 Å². The molecule has 1 amide bonds. The zero-order valence-electron chi connectivity index (χ0n) is 11.9. The number of hydrogen-bond acceptors (Lipinski definition) is 4. The number of nitrogens with zero attached hydrogens (tertiary/aromatic N) is 3. The quantitative estimate of drug-likeness (QED) is 0.858. The number of nitrogens with two attached hydrogens (primary N) is 1. The van der Waals surface area contributed by atoms with Gasteiger partial charge in [0.1, 0.15) is 18.7 Å². The Morgan fingerprint density at radius 1 is 1.45 bits per heavy atom. The van der Waals surface area contributed by atoms with Gasteiger partial charge in [0, 0.05) is 12.6 Å². The molecule has 1 heterocycles. The lowest BCUT2D eigenvalue weighted by Gasteiger charge is -2.30. The Bertz CT molecular complexity index is 391. The van der Waals surface area contributed by atoms with Crippen molar-refractivity contribution >= 4 is 18.3 Å². The molecule has 114 valence electrons. The zero-order valence-corrected chi connectivity index (χ0v) is 12.7. The van der Waals surface area contributed by atoms with Crippen LogP contribution < -0.4 is 11.1 Å². The number of carbonyl (C=O) groups is 1. The highest BCUT2D eigenvalue weighted by Gasteiger charge is 2.26. The number of amides is 1. The van der Waals surface area contributed by atoms with E-state index in [-0.39, 0.29) is 30.4 Å². The smallest absolute Gasteiger partial charge is 0.244 e. The van der Waals surface area contributed by atoms with Crippen molar-refractivity contribution in [1.29, 1.82) is 0 Å². The van der Waals surface area contributed by atoms with Crippen LogP contribution >= 0.6 is 12.4 Å². The van der Waals surface area contributed by atoms with E-state index >= 15 is 0 Å². The van der Waals surface area contributed by atoms with E-state index in [2.05, 4.69) is 15.4 Å². The minimum atomic E-state index is -0.347. The molecule has 1 aliphatic carbocycles. The number of nitrogens with one attached hydrogen (secondary N) is 1. The summed E-state index contributed by atoms with van der Waals surface area (Å²) in [6.45, 7) is 2.32. The minimum absolute atomic E-state index is 0. The van der Waals surface area contributed by atoms with Crippen LogP contribution in [0.5, 0.6) is 0 Å². The molecule has 6 nitrogen and oxygen atoms in total. The molecule has 1 saturated carbocycles. The predicted octanol–water partition coefficient (Wildman–Crippen LogP) is 1.28. The molecule has 1 aliphatic rings. The van der Waals surface area contributed by atoms with Gasteiger partial charge in [-0.3, -0.25) is 4.79 Å². The molecule has 0 bridgehead atoms. The fourth-order valence-corrected chi connectivity index (χ4v) is 2.75. The standard InChI is InChI=1S/C13H23N5O.ClH/c1-10(18-9-15-8-16-18)13(19)17-12(7-14)11-5-3-2-4-6-11;/h8-12H,2-7,14H2,1H3,(H,17,19);1H. The number of aromatic nitrogens is 3. The Morgan fingerprint density at radius 2 is 2.15 bits per heavy atom. The summed E-state index contributed by atoms with van der Waals surface area (Å²) in [6, 6.07) is -0.265. The molecule has 0 saturated heterocycles. The Kier molecular flexibility index (Phi) is 6.95. The van der Waals surface area contributed by atoms with Crippen molar-refractivity contribution in [3.63, 3.8) is 0 Å². The van der Waals surface area contributed by atoms with Crippen LogP contribution in [-0.4, -0.2) is 33.3 Å². The van der Waals surface area contributed by atoms with Crippen LogP contribution in [0.4, 0.5) is 0 Å². The molecule has 0 aliphatic heterocycles. The molecule has 7 heteroatoms. The van der Waals surface area contributed by atoms with Gasteiger partial charge in [0.05, 0.1) is 0 Å². The average molecular weight is 302 g/mol. The van der Waals surface area contributed by atoms with Gasteiger partial charge in [-0.25, -0.2) is 9.67 Å². The third kappa shape index (κ3) is 4.18. The van der Waals surface area contributed by atoms with Gasteiger partial charge >= 0.3 is 0 Å². The van der Waals surface area contributed by atoms with Crippen molar-refractivity contribution < 1.29 is 4.79 Å². The fourth-order valence-electron chi connectivity index (χ4n) is 2.75. The van der Waals surface area contributed by atoms with Crippen LogP contribution in [0, 0.1) is 5.92 Å². The van der Waals surface area contributed by atoms with Crippen LogP contribution in [0.25, 0.3) is 0 Å². The van der Waals surface area contributed by atoms with E-state index in [1.165, 1.54) is 38.4 Å². The summed E-state index contributed by atoms with van der Waals surface area (Å²) in [6.07, 6.45) is 9.12. The van der Waals surface area contributed by atoms with Gasteiger partial charge in [0.15, 0.2) is 0 Å². The number of halogens is 1. The van der Waals surface area contributed by atoms with Gasteiger partial charge in [0.2, 0.25) is 5.91 Å². The van der Waals surface area contributed by atoms with E-state index in [4.69, 9.17) is 5.73 Å². The first-order chi connectivity index (χ1) is 9.22. The third-order valence-corrected chi connectivity index (χ3v) is 4.01. The number of rotatable bonds is 5. The van der Waals surface area contributed by atoms with Crippen LogP contribution in [0.1, 0.15) is 45.1 Å². The third-order valence-electron chi connectivity index (χ3n) is 4.01. The number of hydrogen-bond donors (Lipinski definition) is 2. The summed E-state index contributed by atoms with van der Waals surface area (Å²) >= 11 is 0. The molecule has 2 unspecified atom stereocenters. The Balaban J connectivity index is 0.00000200. The van der Waals surface area contributed by atoms with Crippen LogP contribution in [0.2, 0.25) is 0 Å². The highest BCUT2D eigenvalue weighted by molar-refractivity contribution is 5.85. The summed E-state index contributed by atoms with van der Waals surface area (Å²) < 4.78 is 1.56. The zero-order chi connectivity index (χ0) is 13.7. The number of carbonyl (C=O) groups excluding carboxylic acids is 1. The van der Waals surface area contributed by atoms with E-state index in [9.17, 15) is 4.79 Å². The Labute approximate surface area is 125 Å². The maximum absolute atomic E-state index is 12.2. The van der Waals surface area contributed by atoms with Gasteiger partial charge in [-0.15, -0.1) is 12.4 Å². The maximum Gasteiger partial charge on any atom is 0.244 e. The lowest BCUT2D eigenvalue weighted by Crippen LogP contribution is -2.47. The predicted molar refractivity (Wildman–Crippen MR) is 79.5 cm³/mol. The molecule has 2 rings (SSSR count). The van der Waals surface area contributed by atoms with Gasteiger partial charge < -0.3 is 11.1 Å². The topological polar surface area (TPSA) is 85.8 Å². The molecule has 0 radical (unpaired) electrons. The molecule has 1 aromatic heterocycles. The molecular weight excluding hydrogens is 278 g/mol. The Morgan fingerprint density at radius 3 is 2.70 bits per heavy atom. The van der Waals surface area contributed by atoms with Gasteiger partial charge in [-0.05, 0) is 25.7 Å². The Hall–Kier alpha value is -1.14. The summed E-state index contributed by atoms with van der Waals surface area (Å²) in [5.41, 5.74) is 5.82. The van der Waals surface area contributed by atoms with E-state index < -0.39 is 0 Å². The molecule has 0 spiro atoms. The minimum Gasteiger partial charge on any atom is -0.350 e. The average Bonchev–Trinajstić information content (AvgIpc) is 2.98. The van der Waals surface area contributed by atoms with E-state index in [1.807, 2.05) is 6.92 Å². The molecule has 1 fully saturated rings. The summed E-state index contributed by atoms with van der Waals surface area (Å²) in [4.78, 5) is 16.1. The summed E-state index contributed by atoms with van der Waals surface area (Å²) in [5.74, 6) is 0.483. The largest absolute Gasteiger partial charge is 0.350 e. The molecule has 1 aromatic rings. The lowest BCUT2D eigenvalue weighted by atomic mass is 9.84. The fraction of sp³-hybridized carbons (Fsp3) is 0.769. The highest BCUT2D eigenvalue weighted by Crippen LogP contribution is 2.26. The van der Waals surface area contributed by atoms with Crippen molar-refractivity contribution in [2.45, 2.75) is 51.1 Å². The lowest BCUT2D eigenvalue weighted by molar-refractivity contribution is -0.125. The molecule has 0 aromatic carbocycles. The van der Waals surface area contributed by atoms with Crippen LogP contribution in [0.15, 0.2) is 12.7 Å². The SMILES string of the molecule is CC(C(=O)NC(CN)C1CCCCC1)n1cncn1.Cl. The van der Waals surface area contributed by atoms with E-state index in [0.717, 1.165) is 0 Å². The second kappa shape index (κ2) is 8.21. The second-order valence-electron chi connectivity index (χ2n) is 5.30. The molecule has 3 N–H and O–H groups in total. The van der Waals surface area contributed by atoms with Gasteiger partial charge in [0.25, 0.3) is 0 Å². The van der Waals surface area contributed by atoms with Crippen molar-refractivity contribution in [3.8, 4) is 0 Å². The molecular formula is C13H24ClN5O. The monoisotopic (exact) mass is 301 g/mol. The van der Waals surface area contributed by atoms with Crippen molar-refractivity contribution in [2.24, 2.45) is 11.7 Å². The second-order valence-corrected chi connectivity index (χ2v) is 5.30. The summed E-state index contributed by atoms with van der Waals surface area (Å²) in [5, 5.41) is 7.07. The van der Waals surface area contributed by atoms with E-state index in [1.54, 1.807) is 11.0 Å². The van der Waals surface area contributed by atoms with E-state index in [0.29, 0.717) is 12.5 Å². The summed E-state index contributed by atoms with van der Waals surface area (Å²) in [7, 11) is 0. The van der Waals surface area contributed by atoms with Crippen molar-refractivity contribution in [3.05, 3.63) is 12.7 Å². The van der Waals surface area contributed by atoms with Crippen molar-refractivity contribution in [1.82, 2.24) is 20.1 Å². The first-order valence-corrected chi connectivity index (χ1v) is 7.07. The molecule has 20 heavy (non-hydrogen) atoms. The first-order valence-electron chi connectivity index (χ1n) is 7.07. The normalized spacial score (nSPS) is 18.9.